The van der Waals surface area contributed by atoms with Gasteiger partial charge in [0.2, 0.25) is 17.7 Å². The van der Waals surface area contributed by atoms with Gasteiger partial charge in [-0.05, 0) is 19.8 Å². The summed E-state index contributed by atoms with van der Waals surface area (Å²) in [6.07, 6.45) is 5.10. The minimum Gasteiger partial charge on any atom is -0.375 e. The highest BCUT2D eigenvalue weighted by molar-refractivity contribution is 6.07. The average Bonchev–Trinajstić information content (AvgIpc) is 2.73. The van der Waals surface area contributed by atoms with Crippen LogP contribution in [-0.4, -0.2) is 59.9 Å². The highest BCUT2D eigenvalue weighted by Crippen LogP contribution is 2.34. The van der Waals surface area contributed by atoms with E-state index in [1.54, 1.807) is 4.90 Å². The van der Waals surface area contributed by atoms with E-state index >= 15 is 0 Å². The summed E-state index contributed by atoms with van der Waals surface area (Å²) in [5, 5.41) is 0. The second-order valence-corrected chi connectivity index (χ2v) is 5.94. The van der Waals surface area contributed by atoms with Gasteiger partial charge >= 0.3 is 0 Å². The molecule has 0 spiro atoms. The molecule has 0 bridgehead atoms. The van der Waals surface area contributed by atoms with Gasteiger partial charge in [-0.3, -0.25) is 19.3 Å². The van der Waals surface area contributed by atoms with Crippen molar-refractivity contribution >= 4 is 17.7 Å². The van der Waals surface area contributed by atoms with Crippen LogP contribution in [0, 0.1) is 11.8 Å². The molecule has 0 N–H and O–H groups in total. The number of carbonyl (C=O) groups excluding carboxylic acids is 3. The minimum absolute atomic E-state index is 0.000498. The molecule has 2 saturated heterocycles. The summed E-state index contributed by atoms with van der Waals surface area (Å²) < 4.78 is 5.40. The molecule has 0 aromatic heterocycles. The molecule has 0 aromatic carbocycles. The smallest absolute Gasteiger partial charge is 0.242 e. The van der Waals surface area contributed by atoms with Crippen LogP contribution in [0.4, 0.5) is 0 Å². The van der Waals surface area contributed by atoms with Crippen LogP contribution < -0.4 is 0 Å². The van der Waals surface area contributed by atoms with Gasteiger partial charge in [-0.15, -0.1) is 0 Å². The summed E-state index contributed by atoms with van der Waals surface area (Å²) in [7, 11) is 0. The number of likely N-dealkylation sites (tertiary alicyclic amines) is 1. The highest BCUT2D eigenvalue weighted by atomic mass is 16.5. The molecule has 2 fully saturated rings. The van der Waals surface area contributed by atoms with Crippen molar-refractivity contribution in [2.75, 3.05) is 26.2 Å². The summed E-state index contributed by atoms with van der Waals surface area (Å²) in [5.74, 6) is -1.08. The maximum atomic E-state index is 12.3. The normalized spacial score (nSPS) is 32.5. The fourth-order valence-electron chi connectivity index (χ4n) is 3.31. The Kier molecular flexibility index (Phi) is 3.80. The van der Waals surface area contributed by atoms with Gasteiger partial charge < -0.3 is 9.64 Å². The third-order valence-corrected chi connectivity index (χ3v) is 4.49. The molecule has 114 valence electrons. The zero-order valence-electron chi connectivity index (χ0n) is 12.2. The van der Waals surface area contributed by atoms with Crippen molar-refractivity contribution in [2.45, 2.75) is 25.9 Å². The predicted molar refractivity (Wildman–Crippen MR) is 74.1 cm³/mol. The molecular weight excluding hydrogens is 272 g/mol. The van der Waals surface area contributed by atoms with Gasteiger partial charge in [0.1, 0.15) is 6.54 Å². The third-order valence-electron chi connectivity index (χ3n) is 4.49. The third kappa shape index (κ3) is 2.60. The standard InChI is InChI=1S/C15H20N2O4/c1-10-8-16(6-7-21-10)13(18)9-17-14(19)11-4-2-3-5-12(11)15(17)20/h2-3,10-12H,4-9H2,1H3/t10-,11-,12-/m1/s1. The van der Waals surface area contributed by atoms with Crippen LogP contribution in [0.1, 0.15) is 19.8 Å². The molecular formula is C15H20N2O4. The van der Waals surface area contributed by atoms with Crippen molar-refractivity contribution in [2.24, 2.45) is 11.8 Å². The molecule has 0 aromatic rings. The first kappa shape index (κ1) is 14.3. The summed E-state index contributed by atoms with van der Waals surface area (Å²) in [6, 6.07) is 0. The summed E-state index contributed by atoms with van der Waals surface area (Å²) in [6.45, 7) is 3.32. The minimum atomic E-state index is -0.265. The first-order chi connectivity index (χ1) is 10.1. The Bertz CT molecular complexity index is 476. The fraction of sp³-hybridized carbons (Fsp3) is 0.667. The lowest BCUT2D eigenvalue weighted by atomic mass is 9.85. The van der Waals surface area contributed by atoms with Crippen LogP contribution in [0.2, 0.25) is 0 Å². The number of imide groups is 1. The van der Waals surface area contributed by atoms with Crippen molar-refractivity contribution in [3.05, 3.63) is 12.2 Å². The van der Waals surface area contributed by atoms with Crippen molar-refractivity contribution in [3.63, 3.8) is 0 Å². The van der Waals surface area contributed by atoms with Crippen LogP contribution in [-0.2, 0) is 19.1 Å². The number of morpholine rings is 1. The molecule has 0 unspecified atom stereocenters. The van der Waals surface area contributed by atoms with Crippen LogP contribution in [0.3, 0.4) is 0 Å². The quantitative estimate of drug-likeness (QED) is 0.538. The molecule has 3 amide bonds. The number of rotatable bonds is 2. The molecule has 0 saturated carbocycles. The Morgan fingerprint density at radius 1 is 1.24 bits per heavy atom. The molecule has 3 aliphatic rings. The molecule has 2 heterocycles. The lowest BCUT2D eigenvalue weighted by Gasteiger charge is -2.32. The van der Waals surface area contributed by atoms with Crippen molar-refractivity contribution in [3.8, 4) is 0 Å². The van der Waals surface area contributed by atoms with Gasteiger partial charge in [-0.1, -0.05) is 12.2 Å². The van der Waals surface area contributed by atoms with E-state index in [4.69, 9.17) is 4.74 Å². The molecule has 6 nitrogen and oxygen atoms in total. The molecule has 1 aliphatic carbocycles. The maximum Gasteiger partial charge on any atom is 0.242 e. The van der Waals surface area contributed by atoms with Gasteiger partial charge in [-0.2, -0.15) is 0 Å². The van der Waals surface area contributed by atoms with Crippen molar-refractivity contribution in [1.82, 2.24) is 9.80 Å². The Hall–Kier alpha value is -1.69. The summed E-state index contributed by atoms with van der Waals surface area (Å²) >= 11 is 0. The molecule has 2 aliphatic heterocycles. The van der Waals surface area contributed by atoms with E-state index in [-0.39, 0.29) is 42.2 Å². The number of ether oxygens (including phenoxy) is 1. The van der Waals surface area contributed by atoms with Crippen molar-refractivity contribution < 1.29 is 19.1 Å². The number of nitrogens with zero attached hydrogens (tertiary/aromatic N) is 2. The second kappa shape index (κ2) is 5.60. The number of carbonyl (C=O) groups is 3. The maximum absolute atomic E-state index is 12.3. The number of allylic oxidation sites excluding steroid dienone is 2. The van der Waals surface area contributed by atoms with E-state index in [0.29, 0.717) is 32.5 Å². The topological polar surface area (TPSA) is 66.9 Å². The molecule has 21 heavy (non-hydrogen) atoms. The van der Waals surface area contributed by atoms with Crippen molar-refractivity contribution in [1.29, 1.82) is 0 Å². The van der Waals surface area contributed by atoms with Gasteiger partial charge in [0.25, 0.3) is 0 Å². The molecule has 0 radical (unpaired) electrons. The Labute approximate surface area is 123 Å². The van der Waals surface area contributed by atoms with E-state index < -0.39 is 0 Å². The average molecular weight is 292 g/mol. The molecule has 6 heteroatoms. The zero-order chi connectivity index (χ0) is 15.0. The Morgan fingerprint density at radius 3 is 2.43 bits per heavy atom. The van der Waals surface area contributed by atoms with Gasteiger partial charge in [-0.25, -0.2) is 0 Å². The fourth-order valence-corrected chi connectivity index (χ4v) is 3.31. The largest absolute Gasteiger partial charge is 0.375 e. The van der Waals surface area contributed by atoms with Crippen LogP contribution in [0.5, 0.6) is 0 Å². The van der Waals surface area contributed by atoms with E-state index in [9.17, 15) is 14.4 Å². The van der Waals surface area contributed by atoms with E-state index in [1.807, 2.05) is 19.1 Å². The van der Waals surface area contributed by atoms with Crippen LogP contribution >= 0.6 is 0 Å². The second-order valence-electron chi connectivity index (χ2n) is 5.94. The van der Waals surface area contributed by atoms with E-state index in [1.165, 1.54) is 0 Å². The molecule has 3 atom stereocenters. The SMILES string of the molecule is C[C@@H]1CN(C(=O)CN2C(=O)[C@@H]3CC=CC[C@H]3C2=O)CCO1. The van der Waals surface area contributed by atoms with Gasteiger partial charge in [0.15, 0.2) is 0 Å². The van der Waals surface area contributed by atoms with Gasteiger partial charge in [0, 0.05) is 13.1 Å². The number of hydrogen-bond donors (Lipinski definition) is 0. The number of fused-ring (bicyclic) bond motifs is 1. The number of hydrogen-bond acceptors (Lipinski definition) is 4. The Balaban J connectivity index is 1.66. The predicted octanol–water partition coefficient (Wildman–Crippen LogP) is 0.185. The monoisotopic (exact) mass is 292 g/mol. The lowest BCUT2D eigenvalue weighted by Crippen LogP contribution is -2.49. The Morgan fingerprint density at radius 2 is 1.86 bits per heavy atom. The first-order valence-corrected chi connectivity index (χ1v) is 7.47. The van der Waals surface area contributed by atoms with Gasteiger partial charge in [0.05, 0.1) is 24.5 Å². The highest BCUT2D eigenvalue weighted by Gasteiger charge is 2.47. The molecule has 3 rings (SSSR count). The first-order valence-electron chi connectivity index (χ1n) is 7.47. The lowest BCUT2D eigenvalue weighted by molar-refractivity contribution is -0.149. The van der Waals surface area contributed by atoms with Crippen LogP contribution in [0.15, 0.2) is 12.2 Å². The van der Waals surface area contributed by atoms with E-state index in [2.05, 4.69) is 0 Å². The van der Waals surface area contributed by atoms with Crippen LogP contribution in [0.25, 0.3) is 0 Å². The summed E-state index contributed by atoms with van der Waals surface area (Å²) in [5.41, 5.74) is 0. The van der Waals surface area contributed by atoms with E-state index in [0.717, 1.165) is 4.90 Å². The summed E-state index contributed by atoms with van der Waals surface area (Å²) in [4.78, 5) is 39.8. The number of amides is 3. The zero-order valence-corrected chi connectivity index (χ0v) is 12.2.